The van der Waals surface area contributed by atoms with Crippen molar-refractivity contribution in [1.82, 2.24) is 0 Å². The number of alkyl halides is 3. The second-order valence-electron chi connectivity index (χ2n) is 2.67. The average Bonchev–Trinajstić information content (AvgIpc) is 2.18. The molecule has 0 aliphatic rings. The maximum Gasteiger partial charge on any atom is 0.437 e. The van der Waals surface area contributed by atoms with Gasteiger partial charge in [-0.1, -0.05) is 5.16 Å². The van der Waals surface area contributed by atoms with Crippen molar-refractivity contribution in [2.24, 2.45) is 5.16 Å². The van der Waals surface area contributed by atoms with E-state index in [1.165, 1.54) is 31.4 Å². The van der Waals surface area contributed by atoms with Crippen molar-refractivity contribution in [3.05, 3.63) is 29.8 Å². The fraction of sp³-hybridized carbons (Fsp3) is 0.222. The molecule has 0 aliphatic heterocycles. The largest absolute Gasteiger partial charge is 0.497 e. The molecule has 3 nitrogen and oxygen atoms in total. The Morgan fingerprint density at radius 1 is 1.27 bits per heavy atom. The van der Waals surface area contributed by atoms with E-state index in [1.54, 1.807) is 0 Å². The quantitative estimate of drug-likeness (QED) is 0.471. The van der Waals surface area contributed by atoms with Gasteiger partial charge in [0.15, 0.2) is 5.71 Å². The summed E-state index contributed by atoms with van der Waals surface area (Å²) in [5.74, 6) is 0.429. The Labute approximate surface area is 83.8 Å². The van der Waals surface area contributed by atoms with Crippen molar-refractivity contribution in [1.29, 1.82) is 0 Å². The molecule has 0 saturated carbocycles. The molecule has 0 heterocycles. The van der Waals surface area contributed by atoms with Crippen LogP contribution in [0.25, 0.3) is 0 Å². The van der Waals surface area contributed by atoms with Gasteiger partial charge in [-0.05, 0) is 24.3 Å². The van der Waals surface area contributed by atoms with Gasteiger partial charge in [0.05, 0.1) is 7.11 Å². The fourth-order valence-corrected chi connectivity index (χ4v) is 1.03. The van der Waals surface area contributed by atoms with E-state index in [1.807, 2.05) is 0 Å². The van der Waals surface area contributed by atoms with Crippen LogP contribution in [0.4, 0.5) is 13.2 Å². The Morgan fingerprint density at radius 2 is 1.80 bits per heavy atom. The molecule has 0 saturated heterocycles. The van der Waals surface area contributed by atoms with Crippen molar-refractivity contribution in [3.8, 4) is 5.75 Å². The summed E-state index contributed by atoms with van der Waals surface area (Å²) in [7, 11) is 1.40. The first-order chi connectivity index (χ1) is 6.99. The number of hydrogen-bond acceptors (Lipinski definition) is 3. The number of benzene rings is 1. The zero-order valence-corrected chi connectivity index (χ0v) is 7.75. The van der Waals surface area contributed by atoms with Gasteiger partial charge in [0.25, 0.3) is 0 Å². The molecule has 0 aliphatic carbocycles. The predicted octanol–water partition coefficient (Wildman–Crippen LogP) is 2.44. The lowest BCUT2D eigenvalue weighted by molar-refractivity contribution is -0.0601. The van der Waals surface area contributed by atoms with Crippen molar-refractivity contribution >= 4 is 5.71 Å². The third kappa shape index (κ3) is 2.61. The van der Waals surface area contributed by atoms with Gasteiger partial charge < -0.3 is 9.94 Å². The smallest absolute Gasteiger partial charge is 0.437 e. The van der Waals surface area contributed by atoms with Crippen LogP contribution >= 0.6 is 0 Å². The SMILES string of the molecule is COc1ccc(/C(=N\O)C(F)(F)F)cc1. The predicted molar refractivity (Wildman–Crippen MR) is 47.4 cm³/mol. The van der Waals surface area contributed by atoms with Gasteiger partial charge in [0.1, 0.15) is 5.75 Å². The second-order valence-corrected chi connectivity index (χ2v) is 2.67. The van der Waals surface area contributed by atoms with E-state index < -0.39 is 11.9 Å². The second kappa shape index (κ2) is 4.20. The number of rotatable bonds is 2. The highest BCUT2D eigenvalue weighted by Crippen LogP contribution is 2.23. The van der Waals surface area contributed by atoms with Crippen molar-refractivity contribution in [3.63, 3.8) is 0 Å². The monoisotopic (exact) mass is 219 g/mol. The molecule has 1 rings (SSSR count). The van der Waals surface area contributed by atoms with Crippen LogP contribution in [0.15, 0.2) is 29.4 Å². The zero-order valence-electron chi connectivity index (χ0n) is 7.75. The number of nitrogens with zero attached hydrogens (tertiary/aromatic N) is 1. The van der Waals surface area contributed by atoms with E-state index in [-0.39, 0.29) is 5.56 Å². The lowest BCUT2D eigenvalue weighted by Crippen LogP contribution is -2.23. The minimum absolute atomic E-state index is 0.217. The van der Waals surface area contributed by atoms with Gasteiger partial charge in [-0.25, -0.2) is 0 Å². The summed E-state index contributed by atoms with van der Waals surface area (Å²) >= 11 is 0. The molecule has 0 unspecified atom stereocenters. The first-order valence-electron chi connectivity index (χ1n) is 3.92. The number of oxime groups is 1. The summed E-state index contributed by atoms with van der Waals surface area (Å²) in [4.78, 5) is 0. The maximum atomic E-state index is 12.3. The Kier molecular flexibility index (Phi) is 3.18. The molecular formula is C9H8F3NO2. The Bertz CT molecular complexity index is 357. The Hall–Kier alpha value is -1.72. The van der Waals surface area contributed by atoms with E-state index >= 15 is 0 Å². The minimum atomic E-state index is -4.68. The molecule has 0 fully saturated rings. The standard InChI is InChI=1S/C9H8F3NO2/c1-15-7-4-2-6(3-5-7)8(13-14)9(10,11)12/h2-5,14H,1H3/b13-8+. The van der Waals surface area contributed by atoms with Crippen LogP contribution in [-0.2, 0) is 0 Å². The third-order valence-electron chi connectivity index (χ3n) is 1.73. The van der Waals surface area contributed by atoms with Crippen LogP contribution < -0.4 is 4.74 Å². The topological polar surface area (TPSA) is 41.8 Å². The molecule has 1 aromatic rings. The number of methoxy groups -OCH3 is 1. The number of halogens is 3. The molecule has 82 valence electrons. The third-order valence-corrected chi connectivity index (χ3v) is 1.73. The lowest BCUT2D eigenvalue weighted by atomic mass is 10.1. The van der Waals surface area contributed by atoms with E-state index in [0.29, 0.717) is 5.75 Å². The van der Waals surface area contributed by atoms with Crippen molar-refractivity contribution < 1.29 is 23.1 Å². The molecule has 15 heavy (non-hydrogen) atoms. The summed E-state index contributed by atoms with van der Waals surface area (Å²) in [6.07, 6.45) is -4.68. The van der Waals surface area contributed by atoms with Gasteiger partial charge in [-0.15, -0.1) is 0 Å². The summed E-state index contributed by atoms with van der Waals surface area (Å²) in [6, 6.07) is 5.04. The zero-order chi connectivity index (χ0) is 11.5. The molecule has 1 aromatic carbocycles. The average molecular weight is 219 g/mol. The molecular weight excluding hydrogens is 211 g/mol. The van der Waals surface area contributed by atoms with Crippen molar-refractivity contribution in [2.45, 2.75) is 6.18 Å². The van der Waals surface area contributed by atoms with Crippen LogP contribution in [-0.4, -0.2) is 24.2 Å². The molecule has 1 N–H and O–H groups in total. The molecule has 0 spiro atoms. The summed E-state index contributed by atoms with van der Waals surface area (Å²) < 4.78 is 41.6. The normalized spacial score (nSPS) is 12.7. The van der Waals surface area contributed by atoms with Crippen molar-refractivity contribution in [2.75, 3.05) is 7.11 Å². The van der Waals surface area contributed by atoms with Gasteiger partial charge in [-0.3, -0.25) is 0 Å². The first-order valence-corrected chi connectivity index (χ1v) is 3.92. The Balaban J connectivity index is 3.05. The Morgan fingerprint density at radius 3 is 2.13 bits per heavy atom. The summed E-state index contributed by atoms with van der Waals surface area (Å²) in [5, 5.41) is 10.5. The molecule has 0 bridgehead atoms. The molecule has 0 aromatic heterocycles. The summed E-state index contributed by atoms with van der Waals surface area (Å²) in [6.45, 7) is 0. The highest BCUT2D eigenvalue weighted by molar-refractivity contribution is 6.04. The lowest BCUT2D eigenvalue weighted by Gasteiger charge is -2.08. The molecule has 0 amide bonds. The minimum Gasteiger partial charge on any atom is -0.497 e. The molecule has 0 radical (unpaired) electrons. The van der Waals surface area contributed by atoms with E-state index in [2.05, 4.69) is 5.16 Å². The van der Waals surface area contributed by atoms with Gasteiger partial charge in [-0.2, -0.15) is 13.2 Å². The highest BCUT2D eigenvalue weighted by Gasteiger charge is 2.37. The molecule has 0 atom stereocenters. The first kappa shape index (κ1) is 11.4. The van der Waals surface area contributed by atoms with Crippen LogP contribution in [0, 0.1) is 0 Å². The van der Waals surface area contributed by atoms with E-state index in [0.717, 1.165) is 0 Å². The maximum absolute atomic E-state index is 12.3. The number of hydrogen-bond donors (Lipinski definition) is 1. The van der Waals surface area contributed by atoms with Gasteiger partial charge in [0.2, 0.25) is 0 Å². The van der Waals surface area contributed by atoms with E-state index in [9.17, 15) is 13.2 Å². The van der Waals surface area contributed by atoms with Gasteiger partial charge >= 0.3 is 6.18 Å². The van der Waals surface area contributed by atoms with E-state index in [4.69, 9.17) is 9.94 Å². The van der Waals surface area contributed by atoms with Crippen LogP contribution in [0.3, 0.4) is 0 Å². The van der Waals surface area contributed by atoms with Crippen LogP contribution in [0.5, 0.6) is 5.75 Å². The van der Waals surface area contributed by atoms with Crippen LogP contribution in [0.1, 0.15) is 5.56 Å². The molecule has 6 heteroatoms. The number of ether oxygens (including phenoxy) is 1. The summed E-state index contributed by atoms with van der Waals surface area (Å²) in [5.41, 5.74) is -1.55. The van der Waals surface area contributed by atoms with Gasteiger partial charge in [0, 0.05) is 5.56 Å². The highest BCUT2D eigenvalue weighted by atomic mass is 19.4. The fourth-order valence-electron chi connectivity index (χ4n) is 1.03. The van der Waals surface area contributed by atoms with Crippen LogP contribution in [0.2, 0.25) is 0 Å².